The molecule has 4 nitrogen and oxygen atoms in total. The molecule has 0 radical (unpaired) electrons. The highest BCUT2D eigenvalue weighted by Gasteiger charge is 2.13. The molecule has 1 atom stereocenters. The van der Waals surface area contributed by atoms with Crippen molar-refractivity contribution in [1.29, 1.82) is 0 Å². The lowest BCUT2D eigenvalue weighted by Crippen LogP contribution is -2.30. The van der Waals surface area contributed by atoms with Crippen LogP contribution in [-0.2, 0) is 13.5 Å². The molecule has 1 saturated heterocycles. The second kappa shape index (κ2) is 4.55. The minimum absolute atomic E-state index is 0.834. The molecule has 0 amide bonds. The topological polar surface area (TPSA) is 42.7 Å². The SMILES string of the molecule is Cn1cnnc1CCC1CCCNC1. The lowest BCUT2D eigenvalue weighted by atomic mass is 9.94. The Hall–Kier alpha value is -0.900. The molecule has 1 N–H and O–H groups in total. The van der Waals surface area contributed by atoms with Gasteiger partial charge in [-0.3, -0.25) is 0 Å². The lowest BCUT2D eigenvalue weighted by molar-refractivity contribution is 0.355. The number of nitrogens with zero attached hydrogens (tertiary/aromatic N) is 3. The number of rotatable bonds is 3. The molecule has 78 valence electrons. The Kier molecular flexibility index (Phi) is 3.14. The van der Waals surface area contributed by atoms with Crippen molar-refractivity contribution in [3.8, 4) is 0 Å². The molecule has 1 aliphatic heterocycles. The summed E-state index contributed by atoms with van der Waals surface area (Å²) in [6.07, 6.45) is 6.76. The Bertz CT molecular complexity index is 275. The zero-order valence-electron chi connectivity index (χ0n) is 8.74. The molecule has 0 aromatic carbocycles. The van der Waals surface area contributed by atoms with E-state index >= 15 is 0 Å². The van der Waals surface area contributed by atoms with Crippen molar-refractivity contribution < 1.29 is 0 Å². The van der Waals surface area contributed by atoms with Gasteiger partial charge in [-0.2, -0.15) is 0 Å². The Balaban J connectivity index is 1.79. The monoisotopic (exact) mass is 194 g/mol. The van der Waals surface area contributed by atoms with Crippen molar-refractivity contribution in [2.24, 2.45) is 13.0 Å². The summed E-state index contributed by atoms with van der Waals surface area (Å²) in [4.78, 5) is 0. The summed E-state index contributed by atoms with van der Waals surface area (Å²) < 4.78 is 2.01. The smallest absolute Gasteiger partial charge is 0.132 e. The van der Waals surface area contributed by atoms with E-state index in [1.165, 1.54) is 32.4 Å². The van der Waals surface area contributed by atoms with Crippen LogP contribution in [0.3, 0.4) is 0 Å². The molecular formula is C10H18N4. The summed E-state index contributed by atoms with van der Waals surface area (Å²) >= 11 is 0. The minimum atomic E-state index is 0.834. The quantitative estimate of drug-likeness (QED) is 0.772. The summed E-state index contributed by atoms with van der Waals surface area (Å²) in [7, 11) is 2.01. The van der Waals surface area contributed by atoms with Gasteiger partial charge in [0.25, 0.3) is 0 Å². The van der Waals surface area contributed by atoms with E-state index in [0.717, 1.165) is 18.2 Å². The van der Waals surface area contributed by atoms with Gasteiger partial charge in [-0.15, -0.1) is 10.2 Å². The highest BCUT2D eigenvalue weighted by molar-refractivity contribution is 4.85. The number of piperidine rings is 1. The standard InChI is InChI=1S/C10H18N4/c1-14-8-12-13-10(14)5-4-9-3-2-6-11-7-9/h8-9,11H,2-7H2,1H3. The first kappa shape index (κ1) is 9.65. The molecule has 0 saturated carbocycles. The van der Waals surface area contributed by atoms with Gasteiger partial charge in [0.05, 0.1) is 0 Å². The van der Waals surface area contributed by atoms with Crippen molar-refractivity contribution in [2.45, 2.75) is 25.7 Å². The molecule has 0 spiro atoms. The summed E-state index contributed by atoms with van der Waals surface area (Å²) in [6.45, 7) is 2.37. The molecular weight excluding hydrogens is 176 g/mol. The zero-order valence-corrected chi connectivity index (χ0v) is 8.74. The van der Waals surface area contributed by atoms with Gasteiger partial charge in [0.1, 0.15) is 12.2 Å². The lowest BCUT2D eigenvalue weighted by Gasteiger charge is -2.22. The van der Waals surface area contributed by atoms with Gasteiger partial charge in [0.15, 0.2) is 0 Å². The zero-order chi connectivity index (χ0) is 9.80. The number of nitrogens with one attached hydrogen (secondary N) is 1. The number of hydrogen-bond acceptors (Lipinski definition) is 3. The number of aryl methyl sites for hydroxylation is 2. The van der Waals surface area contributed by atoms with Gasteiger partial charge >= 0.3 is 0 Å². The van der Waals surface area contributed by atoms with E-state index in [2.05, 4.69) is 15.5 Å². The Morgan fingerprint density at radius 3 is 3.21 bits per heavy atom. The highest BCUT2D eigenvalue weighted by atomic mass is 15.2. The molecule has 1 unspecified atom stereocenters. The van der Waals surface area contributed by atoms with Crippen LogP contribution in [0.1, 0.15) is 25.1 Å². The first-order chi connectivity index (χ1) is 6.86. The molecule has 4 heteroatoms. The van der Waals surface area contributed by atoms with E-state index in [4.69, 9.17) is 0 Å². The van der Waals surface area contributed by atoms with Gasteiger partial charge in [-0.05, 0) is 38.3 Å². The highest BCUT2D eigenvalue weighted by Crippen LogP contribution is 2.15. The summed E-state index contributed by atoms with van der Waals surface area (Å²) in [5.41, 5.74) is 0. The van der Waals surface area contributed by atoms with Crippen molar-refractivity contribution in [1.82, 2.24) is 20.1 Å². The summed E-state index contributed by atoms with van der Waals surface area (Å²) in [5.74, 6) is 1.94. The van der Waals surface area contributed by atoms with E-state index in [-0.39, 0.29) is 0 Å². The predicted octanol–water partition coefficient (Wildman–Crippen LogP) is 0.747. The van der Waals surface area contributed by atoms with Crippen LogP contribution in [0.2, 0.25) is 0 Å². The van der Waals surface area contributed by atoms with Crippen LogP contribution in [-0.4, -0.2) is 27.9 Å². The van der Waals surface area contributed by atoms with Crippen LogP contribution in [0, 0.1) is 5.92 Å². The third-order valence-electron chi connectivity index (χ3n) is 2.98. The molecule has 1 aromatic rings. The van der Waals surface area contributed by atoms with E-state index in [9.17, 15) is 0 Å². The van der Waals surface area contributed by atoms with Gasteiger partial charge < -0.3 is 9.88 Å². The molecule has 14 heavy (non-hydrogen) atoms. The number of aromatic nitrogens is 3. The van der Waals surface area contributed by atoms with Crippen LogP contribution < -0.4 is 5.32 Å². The third kappa shape index (κ3) is 2.32. The fourth-order valence-electron chi connectivity index (χ4n) is 2.04. The first-order valence-corrected chi connectivity index (χ1v) is 5.40. The fraction of sp³-hybridized carbons (Fsp3) is 0.800. The van der Waals surface area contributed by atoms with Crippen molar-refractivity contribution in [2.75, 3.05) is 13.1 Å². The van der Waals surface area contributed by atoms with Crippen molar-refractivity contribution in [3.05, 3.63) is 12.2 Å². The Morgan fingerprint density at radius 1 is 1.64 bits per heavy atom. The van der Waals surface area contributed by atoms with Gasteiger partial charge in [0, 0.05) is 13.5 Å². The molecule has 2 rings (SSSR count). The molecule has 0 aliphatic carbocycles. The molecule has 2 heterocycles. The van der Waals surface area contributed by atoms with Crippen LogP contribution in [0.25, 0.3) is 0 Å². The van der Waals surface area contributed by atoms with Crippen molar-refractivity contribution in [3.63, 3.8) is 0 Å². The van der Waals surface area contributed by atoms with Gasteiger partial charge in [-0.1, -0.05) is 0 Å². The Labute approximate surface area is 84.7 Å². The van der Waals surface area contributed by atoms with E-state index < -0.39 is 0 Å². The normalized spacial score (nSPS) is 22.5. The van der Waals surface area contributed by atoms with Crippen LogP contribution >= 0.6 is 0 Å². The van der Waals surface area contributed by atoms with E-state index in [0.29, 0.717) is 0 Å². The Morgan fingerprint density at radius 2 is 2.57 bits per heavy atom. The van der Waals surface area contributed by atoms with E-state index in [1.54, 1.807) is 6.33 Å². The first-order valence-electron chi connectivity index (χ1n) is 5.40. The molecule has 1 fully saturated rings. The molecule has 1 aromatic heterocycles. The van der Waals surface area contributed by atoms with Crippen LogP contribution in [0.4, 0.5) is 0 Å². The minimum Gasteiger partial charge on any atom is -0.321 e. The number of hydrogen-bond donors (Lipinski definition) is 1. The maximum Gasteiger partial charge on any atom is 0.132 e. The fourth-order valence-corrected chi connectivity index (χ4v) is 2.04. The van der Waals surface area contributed by atoms with Gasteiger partial charge in [-0.25, -0.2) is 0 Å². The van der Waals surface area contributed by atoms with Crippen LogP contribution in [0.15, 0.2) is 6.33 Å². The maximum atomic E-state index is 4.09. The third-order valence-corrected chi connectivity index (χ3v) is 2.98. The summed E-state index contributed by atoms with van der Waals surface area (Å²) in [6, 6.07) is 0. The van der Waals surface area contributed by atoms with E-state index in [1.807, 2.05) is 11.6 Å². The van der Waals surface area contributed by atoms with Crippen molar-refractivity contribution >= 4 is 0 Å². The van der Waals surface area contributed by atoms with Crippen LogP contribution in [0.5, 0.6) is 0 Å². The molecule has 1 aliphatic rings. The maximum absolute atomic E-state index is 4.09. The molecule has 0 bridgehead atoms. The largest absolute Gasteiger partial charge is 0.321 e. The second-order valence-electron chi connectivity index (χ2n) is 4.11. The van der Waals surface area contributed by atoms with Gasteiger partial charge in [0.2, 0.25) is 0 Å². The average Bonchev–Trinajstić information content (AvgIpc) is 2.63. The summed E-state index contributed by atoms with van der Waals surface area (Å²) in [5, 5.41) is 11.4. The second-order valence-corrected chi connectivity index (χ2v) is 4.11. The predicted molar refractivity (Wildman–Crippen MR) is 54.9 cm³/mol. The average molecular weight is 194 g/mol.